The molecule has 3 aromatic rings. The standard InChI is InChI=1S/C23H25N3O5/c1-15(2)20(26-22(28)19-9-5-11-31-19)23(29)24-13-16-6-3-7-17(12-16)21(27)25-14-18-8-4-10-30-18/h3-12,15,20H,13-14H2,1-2H3,(H,24,29)(H,25,27)(H,26,28). The lowest BCUT2D eigenvalue weighted by Crippen LogP contribution is -2.49. The zero-order valence-corrected chi connectivity index (χ0v) is 17.4. The second kappa shape index (κ2) is 10.3. The van der Waals surface area contributed by atoms with Crippen LogP contribution in [0, 0.1) is 5.92 Å². The van der Waals surface area contributed by atoms with Gasteiger partial charge in [-0.05, 0) is 47.9 Å². The van der Waals surface area contributed by atoms with Gasteiger partial charge in [-0.25, -0.2) is 0 Å². The van der Waals surface area contributed by atoms with Crippen molar-refractivity contribution < 1.29 is 23.2 Å². The van der Waals surface area contributed by atoms with Crippen LogP contribution in [0.5, 0.6) is 0 Å². The predicted octanol–water partition coefficient (Wildman–Crippen LogP) is 2.87. The average molecular weight is 423 g/mol. The Morgan fingerprint density at radius 1 is 0.871 bits per heavy atom. The van der Waals surface area contributed by atoms with Gasteiger partial charge in [0.05, 0.1) is 19.1 Å². The summed E-state index contributed by atoms with van der Waals surface area (Å²) in [5.74, 6) is -0.329. The summed E-state index contributed by atoms with van der Waals surface area (Å²) in [4.78, 5) is 37.3. The van der Waals surface area contributed by atoms with E-state index < -0.39 is 11.9 Å². The van der Waals surface area contributed by atoms with E-state index >= 15 is 0 Å². The van der Waals surface area contributed by atoms with Gasteiger partial charge in [-0.1, -0.05) is 26.0 Å². The number of furan rings is 2. The first-order chi connectivity index (χ1) is 14.9. The monoisotopic (exact) mass is 423 g/mol. The average Bonchev–Trinajstić information content (AvgIpc) is 3.48. The molecule has 0 saturated carbocycles. The molecule has 0 bridgehead atoms. The van der Waals surface area contributed by atoms with Crippen LogP contribution in [-0.4, -0.2) is 23.8 Å². The third kappa shape index (κ3) is 6.08. The fourth-order valence-corrected chi connectivity index (χ4v) is 2.96. The Morgan fingerprint density at radius 2 is 1.65 bits per heavy atom. The summed E-state index contributed by atoms with van der Waals surface area (Å²) in [5.41, 5.74) is 1.24. The summed E-state index contributed by atoms with van der Waals surface area (Å²) in [6, 6.07) is 12.9. The zero-order valence-electron chi connectivity index (χ0n) is 17.4. The number of hydrogen-bond acceptors (Lipinski definition) is 5. The van der Waals surface area contributed by atoms with E-state index in [1.165, 1.54) is 12.3 Å². The Balaban J connectivity index is 1.56. The van der Waals surface area contributed by atoms with Crippen LogP contribution in [0.15, 0.2) is 69.9 Å². The Hall–Kier alpha value is -3.81. The van der Waals surface area contributed by atoms with E-state index in [-0.39, 0.29) is 36.6 Å². The van der Waals surface area contributed by atoms with Gasteiger partial charge in [-0.2, -0.15) is 0 Å². The summed E-state index contributed by atoms with van der Waals surface area (Å²) in [6.45, 7) is 4.20. The first-order valence-corrected chi connectivity index (χ1v) is 9.95. The molecular formula is C23H25N3O5. The molecule has 0 fully saturated rings. The maximum Gasteiger partial charge on any atom is 0.287 e. The molecule has 162 valence electrons. The van der Waals surface area contributed by atoms with Gasteiger partial charge in [0.25, 0.3) is 11.8 Å². The predicted molar refractivity (Wildman–Crippen MR) is 113 cm³/mol. The van der Waals surface area contributed by atoms with Crippen LogP contribution in [0.3, 0.4) is 0 Å². The van der Waals surface area contributed by atoms with Crippen LogP contribution >= 0.6 is 0 Å². The summed E-state index contributed by atoms with van der Waals surface area (Å²) >= 11 is 0. The van der Waals surface area contributed by atoms with E-state index in [4.69, 9.17) is 8.83 Å². The van der Waals surface area contributed by atoms with Crippen molar-refractivity contribution in [3.05, 3.63) is 83.7 Å². The number of nitrogens with one attached hydrogen (secondary N) is 3. The highest BCUT2D eigenvalue weighted by Crippen LogP contribution is 2.09. The SMILES string of the molecule is CC(C)C(NC(=O)c1ccco1)C(=O)NCc1cccc(C(=O)NCc2ccco2)c1. The molecule has 8 heteroatoms. The maximum absolute atomic E-state index is 12.7. The highest BCUT2D eigenvalue weighted by atomic mass is 16.3. The van der Waals surface area contributed by atoms with Gasteiger partial charge in [-0.15, -0.1) is 0 Å². The third-order valence-corrected chi connectivity index (χ3v) is 4.64. The fourth-order valence-electron chi connectivity index (χ4n) is 2.96. The van der Waals surface area contributed by atoms with Crippen LogP contribution in [0.25, 0.3) is 0 Å². The number of rotatable bonds is 9. The molecule has 0 aliphatic carbocycles. The van der Waals surface area contributed by atoms with E-state index in [0.29, 0.717) is 11.3 Å². The minimum Gasteiger partial charge on any atom is -0.467 e. The fraction of sp³-hybridized carbons (Fsp3) is 0.261. The highest BCUT2D eigenvalue weighted by Gasteiger charge is 2.25. The lowest BCUT2D eigenvalue weighted by molar-refractivity contribution is -0.124. The molecule has 1 aromatic carbocycles. The largest absolute Gasteiger partial charge is 0.467 e. The first kappa shape index (κ1) is 21.9. The molecule has 3 amide bonds. The van der Waals surface area contributed by atoms with Crippen LogP contribution in [0.4, 0.5) is 0 Å². The Kier molecular flexibility index (Phi) is 7.26. The summed E-state index contributed by atoms with van der Waals surface area (Å²) in [6.07, 6.45) is 2.95. The van der Waals surface area contributed by atoms with Crippen molar-refractivity contribution in [1.82, 2.24) is 16.0 Å². The van der Waals surface area contributed by atoms with E-state index in [0.717, 1.165) is 5.56 Å². The van der Waals surface area contributed by atoms with E-state index in [9.17, 15) is 14.4 Å². The van der Waals surface area contributed by atoms with Crippen LogP contribution < -0.4 is 16.0 Å². The van der Waals surface area contributed by atoms with Crippen molar-refractivity contribution in [2.24, 2.45) is 5.92 Å². The van der Waals surface area contributed by atoms with Crippen molar-refractivity contribution >= 4 is 17.7 Å². The van der Waals surface area contributed by atoms with Crippen molar-refractivity contribution in [3.63, 3.8) is 0 Å². The Bertz CT molecular complexity index is 1010. The quantitative estimate of drug-likeness (QED) is 0.490. The van der Waals surface area contributed by atoms with Crippen molar-refractivity contribution in [2.45, 2.75) is 33.0 Å². The second-order valence-corrected chi connectivity index (χ2v) is 7.35. The molecule has 8 nitrogen and oxygen atoms in total. The van der Waals surface area contributed by atoms with Crippen molar-refractivity contribution in [2.75, 3.05) is 0 Å². The van der Waals surface area contributed by atoms with Gasteiger partial charge in [0.15, 0.2) is 5.76 Å². The zero-order chi connectivity index (χ0) is 22.2. The molecule has 0 spiro atoms. The van der Waals surface area contributed by atoms with Gasteiger partial charge in [0.2, 0.25) is 5.91 Å². The first-order valence-electron chi connectivity index (χ1n) is 9.95. The number of carbonyl (C=O) groups excluding carboxylic acids is 3. The molecule has 3 rings (SSSR count). The van der Waals surface area contributed by atoms with Crippen molar-refractivity contribution in [1.29, 1.82) is 0 Å². The molecular weight excluding hydrogens is 398 g/mol. The third-order valence-electron chi connectivity index (χ3n) is 4.64. The van der Waals surface area contributed by atoms with Crippen LogP contribution in [0.2, 0.25) is 0 Å². The van der Waals surface area contributed by atoms with E-state index in [1.54, 1.807) is 42.7 Å². The molecule has 1 atom stereocenters. The van der Waals surface area contributed by atoms with Gasteiger partial charge in [-0.3, -0.25) is 14.4 Å². The molecule has 0 saturated heterocycles. The minimum atomic E-state index is -0.725. The number of hydrogen-bond donors (Lipinski definition) is 3. The molecule has 3 N–H and O–H groups in total. The maximum atomic E-state index is 12.7. The van der Waals surface area contributed by atoms with Gasteiger partial charge < -0.3 is 24.8 Å². The highest BCUT2D eigenvalue weighted by molar-refractivity contribution is 5.96. The lowest BCUT2D eigenvalue weighted by atomic mass is 10.0. The summed E-state index contributed by atoms with van der Waals surface area (Å²) in [7, 11) is 0. The topological polar surface area (TPSA) is 114 Å². The number of amides is 3. The molecule has 31 heavy (non-hydrogen) atoms. The normalized spacial score (nSPS) is 11.7. The van der Waals surface area contributed by atoms with Crippen LogP contribution in [-0.2, 0) is 17.9 Å². The van der Waals surface area contributed by atoms with E-state index in [1.807, 2.05) is 19.9 Å². The Morgan fingerprint density at radius 3 is 2.32 bits per heavy atom. The molecule has 0 aliphatic heterocycles. The summed E-state index contributed by atoms with van der Waals surface area (Å²) in [5, 5.41) is 8.30. The van der Waals surface area contributed by atoms with Gasteiger partial charge >= 0.3 is 0 Å². The van der Waals surface area contributed by atoms with Gasteiger partial charge in [0, 0.05) is 12.1 Å². The smallest absolute Gasteiger partial charge is 0.287 e. The minimum absolute atomic E-state index is 0.127. The second-order valence-electron chi connectivity index (χ2n) is 7.35. The number of benzene rings is 1. The van der Waals surface area contributed by atoms with Gasteiger partial charge in [0.1, 0.15) is 11.8 Å². The van der Waals surface area contributed by atoms with Crippen LogP contribution in [0.1, 0.15) is 46.1 Å². The molecule has 2 heterocycles. The lowest BCUT2D eigenvalue weighted by Gasteiger charge is -2.21. The molecule has 0 aliphatic rings. The summed E-state index contributed by atoms with van der Waals surface area (Å²) < 4.78 is 10.3. The Labute approximate surface area is 180 Å². The molecule has 0 radical (unpaired) electrons. The number of carbonyl (C=O) groups is 3. The molecule has 2 aromatic heterocycles. The molecule has 1 unspecified atom stereocenters. The van der Waals surface area contributed by atoms with Crippen molar-refractivity contribution in [3.8, 4) is 0 Å². The van der Waals surface area contributed by atoms with E-state index in [2.05, 4.69) is 16.0 Å².